The summed E-state index contributed by atoms with van der Waals surface area (Å²) in [5.74, 6) is 0.830. The van der Waals surface area contributed by atoms with E-state index in [0.29, 0.717) is 0 Å². The van der Waals surface area contributed by atoms with Crippen molar-refractivity contribution in [2.75, 3.05) is 18.2 Å². The predicted octanol–water partition coefficient (Wildman–Crippen LogP) is 9.34. The highest BCUT2D eigenvalue weighted by atomic mass is 16.5. The predicted molar refractivity (Wildman–Crippen MR) is 200 cm³/mol. The Labute approximate surface area is 277 Å². The molecule has 0 atom stereocenters. The Morgan fingerprint density at radius 1 is 0.447 bits per heavy atom. The molecule has 0 aliphatic carbocycles. The molecule has 3 N–H and O–H groups in total. The quantitative estimate of drug-likeness (QED) is 0.127. The number of nitrogens with two attached hydrogens (primary N) is 1. The first-order valence-corrected chi connectivity index (χ1v) is 15.8. The van der Waals surface area contributed by atoms with E-state index < -0.39 is 0 Å². The summed E-state index contributed by atoms with van der Waals surface area (Å²) in [7, 11) is 3.86. The molecule has 225 valence electrons. The minimum atomic E-state index is 0.751. The first kappa shape index (κ1) is 29.7. The maximum atomic E-state index is 6.82. The van der Waals surface area contributed by atoms with Gasteiger partial charge in [0, 0.05) is 28.2 Å². The fourth-order valence-corrected chi connectivity index (χ4v) is 5.96. The van der Waals surface area contributed by atoms with Gasteiger partial charge in [0.15, 0.2) is 7.28 Å². The fourth-order valence-electron chi connectivity index (χ4n) is 5.96. The molecule has 0 saturated heterocycles. The topological polar surface area (TPSA) is 47.3 Å². The number of methoxy groups -OCH3 is 1. The fraction of sp³-hybridized carbons (Fsp3) is 0.0233. The van der Waals surface area contributed by atoms with Crippen molar-refractivity contribution in [3.63, 3.8) is 0 Å². The first-order chi connectivity index (χ1) is 23.2. The van der Waals surface area contributed by atoms with Crippen molar-refractivity contribution in [3.05, 3.63) is 170 Å². The van der Waals surface area contributed by atoms with Gasteiger partial charge in [-0.1, -0.05) is 150 Å². The molecule has 4 heteroatoms. The Balaban J connectivity index is 1.33. The van der Waals surface area contributed by atoms with Crippen molar-refractivity contribution in [1.82, 2.24) is 0 Å². The van der Waals surface area contributed by atoms with Gasteiger partial charge in [0.1, 0.15) is 5.75 Å². The van der Waals surface area contributed by atoms with Gasteiger partial charge < -0.3 is 15.8 Å². The molecule has 0 spiro atoms. The molecule has 7 aromatic carbocycles. The van der Waals surface area contributed by atoms with Gasteiger partial charge in [-0.05, 0) is 63.7 Å². The monoisotopic (exact) mass is 605 g/mol. The third kappa shape index (κ3) is 6.54. The second-order valence-electron chi connectivity index (χ2n) is 11.5. The van der Waals surface area contributed by atoms with E-state index in [1.165, 1.54) is 11.1 Å². The third-order valence-corrected chi connectivity index (χ3v) is 8.49. The minimum Gasteiger partial charge on any atom is -0.497 e. The van der Waals surface area contributed by atoms with Crippen LogP contribution < -0.4 is 26.7 Å². The van der Waals surface area contributed by atoms with Crippen LogP contribution in [0, 0.1) is 0 Å². The SMILES string of the molecule is COc1ccc(-c2ccc([B]c3cccc(-c4ccccc4)c3N)c(Nc3ccc(-c4ccccc4)cc3-c3ccccc3)c2)cc1. The van der Waals surface area contributed by atoms with E-state index in [4.69, 9.17) is 10.5 Å². The van der Waals surface area contributed by atoms with Crippen molar-refractivity contribution in [2.24, 2.45) is 0 Å². The number of ether oxygens (including phenoxy) is 1. The highest BCUT2D eigenvalue weighted by Crippen LogP contribution is 2.35. The van der Waals surface area contributed by atoms with Gasteiger partial charge in [-0.15, -0.1) is 0 Å². The van der Waals surface area contributed by atoms with Crippen LogP contribution in [0.4, 0.5) is 17.1 Å². The molecule has 7 aromatic rings. The Morgan fingerprint density at radius 3 is 1.66 bits per heavy atom. The van der Waals surface area contributed by atoms with Crippen molar-refractivity contribution < 1.29 is 4.74 Å². The summed E-state index contributed by atoms with van der Waals surface area (Å²) in [5, 5.41) is 3.84. The molecule has 0 bridgehead atoms. The van der Waals surface area contributed by atoms with E-state index in [2.05, 4.69) is 146 Å². The highest BCUT2D eigenvalue weighted by molar-refractivity contribution is 6.70. The third-order valence-electron chi connectivity index (χ3n) is 8.49. The van der Waals surface area contributed by atoms with E-state index in [9.17, 15) is 0 Å². The number of nitrogen functional groups attached to an aromatic ring is 1. The maximum Gasteiger partial charge on any atom is 0.196 e. The molecule has 0 fully saturated rings. The molecule has 7 rings (SSSR count). The average molecular weight is 606 g/mol. The van der Waals surface area contributed by atoms with Crippen LogP contribution in [0.5, 0.6) is 5.75 Å². The van der Waals surface area contributed by atoms with Gasteiger partial charge in [0.2, 0.25) is 0 Å². The molecule has 0 aliphatic heterocycles. The second kappa shape index (κ2) is 13.6. The van der Waals surface area contributed by atoms with Crippen LogP contribution in [-0.4, -0.2) is 14.4 Å². The second-order valence-corrected chi connectivity index (χ2v) is 11.5. The van der Waals surface area contributed by atoms with Crippen LogP contribution in [0.25, 0.3) is 44.5 Å². The van der Waals surface area contributed by atoms with Crippen LogP contribution in [0.3, 0.4) is 0 Å². The van der Waals surface area contributed by atoms with Crippen molar-refractivity contribution in [3.8, 4) is 50.3 Å². The van der Waals surface area contributed by atoms with E-state index in [0.717, 1.165) is 67.1 Å². The molecule has 0 heterocycles. The lowest BCUT2D eigenvalue weighted by Gasteiger charge is -2.19. The Morgan fingerprint density at radius 2 is 1.00 bits per heavy atom. The maximum absolute atomic E-state index is 6.82. The molecule has 47 heavy (non-hydrogen) atoms. The molecule has 3 nitrogen and oxygen atoms in total. The van der Waals surface area contributed by atoms with Crippen molar-refractivity contribution >= 4 is 35.3 Å². The Bertz CT molecular complexity index is 2110. The number of nitrogens with one attached hydrogen (secondary N) is 1. The number of anilines is 3. The number of benzene rings is 7. The largest absolute Gasteiger partial charge is 0.497 e. The van der Waals surface area contributed by atoms with E-state index in [-0.39, 0.29) is 0 Å². The van der Waals surface area contributed by atoms with Crippen LogP contribution in [0.2, 0.25) is 0 Å². The van der Waals surface area contributed by atoms with Gasteiger partial charge >= 0.3 is 0 Å². The van der Waals surface area contributed by atoms with Gasteiger partial charge in [0.25, 0.3) is 0 Å². The summed E-state index contributed by atoms with van der Waals surface area (Å²) in [4.78, 5) is 0. The van der Waals surface area contributed by atoms with Gasteiger partial charge in [-0.25, -0.2) is 0 Å². The minimum absolute atomic E-state index is 0.751. The van der Waals surface area contributed by atoms with Gasteiger partial charge in [-0.3, -0.25) is 0 Å². The number of hydrogen-bond donors (Lipinski definition) is 2. The zero-order valence-corrected chi connectivity index (χ0v) is 26.2. The zero-order chi connectivity index (χ0) is 32.0. The van der Waals surface area contributed by atoms with E-state index >= 15 is 0 Å². The van der Waals surface area contributed by atoms with Gasteiger partial charge in [-0.2, -0.15) is 0 Å². The zero-order valence-electron chi connectivity index (χ0n) is 26.2. The number of rotatable bonds is 9. The summed E-state index contributed by atoms with van der Waals surface area (Å²) in [6, 6.07) is 58.9. The molecule has 0 aliphatic rings. The number of hydrogen-bond acceptors (Lipinski definition) is 3. The Hall–Kier alpha value is -6.00. The van der Waals surface area contributed by atoms with E-state index in [1.807, 2.05) is 36.4 Å². The molecular weight excluding hydrogens is 571 g/mol. The van der Waals surface area contributed by atoms with Crippen LogP contribution in [0.1, 0.15) is 0 Å². The Kier molecular flexibility index (Phi) is 8.57. The molecule has 0 amide bonds. The lowest BCUT2D eigenvalue weighted by atomic mass is 9.62. The summed E-state index contributed by atoms with van der Waals surface area (Å²) < 4.78 is 5.41. The van der Waals surface area contributed by atoms with Crippen molar-refractivity contribution in [2.45, 2.75) is 0 Å². The normalized spacial score (nSPS) is 10.7. The first-order valence-electron chi connectivity index (χ1n) is 15.8. The smallest absolute Gasteiger partial charge is 0.196 e. The lowest BCUT2D eigenvalue weighted by Crippen LogP contribution is -2.31. The van der Waals surface area contributed by atoms with Crippen LogP contribution in [-0.2, 0) is 0 Å². The van der Waals surface area contributed by atoms with E-state index in [1.54, 1.807) is 7.11 Å². The summed E-state index contributed by atoms with van der Waals surface area (Å²) in [5.41, 5.74) is 20.5. The summed E-state index contributed by atoms with van der Waals surface area (Å²) in [6.07, 6.45) is 0. The van der Waals surface area contributed by atoms with Gasteiger partial charge in [0.05, 0.1) is 7.11 Å². The summed E-state index contributed by atoms with van der Waals surface area (Å²) >= 11 is 0. The molecule has 0 unspecified atom stereocenters. The lowest BCUT2D eigenvalue weighted by molar-refractivity contribution is 0.415. The summed E-state index contributed by atoms with van der Waals surface area (Å²) in [6.45, 7) is 0. The highest BCUT2D eigenvalue weighted by Gasteiger charge is 2.15. The van der Waals surface area contributed by atoms with Crippen LogP contribution in [0.15, 0.2) is 170 Å². The van der Waals surface area contributed by atoms with Crippen molar-refractivity contribution in [1.29, 1.82) is 0 Å². The average Bonchev–Trinajstić information content (AvgIpc) is 3.14. The molecule has 1 radical (unpaired) electrons. The number of para-hydroxylation sites is 1. The molecule has 0 saturated carbocycles. The van der Waals surface area contributed by atoms with Crippen LogP contribution >= 0.6 is 0 Å². The molecular formula is C43H34BN2O. The molecule has 0 aromatic heterocycles. The standard InChI is InChI=1S/C43H34BN2O/c1-47-36-24-20-31(21-25-36)35-22-26-39(44-40-19-11-18-37(43(40)45)32-14-7-3-8-15-32)42(29-35)46-41-27-23-34(30-12-5-2-6-13-30)28-38(41)33-16-9-4-10-17-33/h2-29,46H,45H2,1H3.